The van der Waals surface area contributed by atoms with Crippen molar-refractivity contribution in [2.24, 2.45) is 0 Å². The average molecular weight is 507 g/mol. The van der Waals surface area contributed by atoms with Crippen LogP contribution in [0.4, 0.5) is 0 Å². The number of hydrogen-bond acceptors (Lipinski definition) is 6. The molecule has 2 aromatic carbocycles. The van der Waals surface area contributed by atoms with E-state index in [9.17, 15) is 0 Å². The fraction of sp³-hybridized carbons (Fsp3) is 0.200. The molecule has 0 saturated heterocycles. The third-order valence-electron chi connectivity index (χ3n) is 6.40. The molecule has 0 aliphatic heterocycles. The van der Waals surface area contributed by atoms with Crippen molar-refractivity contribution in [3.05, 3.63) is 85.5 Å². The molecule has 0 N–H and O–H groups in total. The minimum Gasteiger partial charge on any atom is -0.254 e. The van der Waals surface area contributed by atoms with Crippen molar-refractivity contribution in [3.63, 3.8) is 0 Å². The summed E-state index contributed by atoms with van der Waals surface area (Å²) in [6.45, 7) is 0. The van der Waals surface area contributed by atoms with Gasteiger partial charge < -0.3 is 0 Å². The maximum atomic E-state index is 4.62. The number of hydrogen-bond donors (Lipinski definition) is 0. The second kappa shape index (κ2) is 10.8. The van der Waals surface area contributed by atoms with Crippen LogP contribution in [0.5, 0.6) is 0 Å². The summed E-state index contributed by atoms with van der Waals surface area (Å²) in [5.41, 5.74) is 3.98. The first kappa shape index (κ1) is 23.2. The van der Waals surface area contributed by atoms with Gasteiger partial charge in [-0.25, -0.2) is 0 Å². The third-order valence-corrected chi connectivity index (χ3v) is 8.68. The number of fused-ring (bicyclic) bond motifs is 6. The first-order valence-electron chi connectivity index (χ1n) is 12.4. The van der Waals surface area contributed by atoms with E-state index in [1.165, 1.54) is 46.2 Å². The molecule has 6 rings (SSSR count). The van der Waals surface area contributed by atoms with Crippen molar-refractivity contribution in [3.8, 4) is 0 Å². The number of pyridine rings is 4. The standard InChI is InChI=1S/C30H26N4S2/c1(3-17-35-25-19-21-9-5-13-31-27(21)29-23(25)11-7-15-33-29)2-4-18-36-26-20-22-10-6-14-32-28(22)30-24(26)12-8-16-34-30/h5-16,19-20H,1-4,17-18H2. The van der Waals surface area contributed by atoms with Gasteiger partial charge in [-0.05, 0) is 60.7 Å². The highest BCUT2D eigenvalue weighted by Crippen LogP contribution is 2.34. The average Bonchev–Trinajstić information content (AvgIpc) is 2.94. The molecule has 178 valence electrons. The van der Waals surface area contributed by atoms with Crippen LogP contribution in [-0.4, -0.2) is 31.4 Å². The van der Waals surface area contributed by atoms with Crippen LogP contribution in [0.1, 0.15) is 25.7 Å². The lowest BCUT2D eigenvalue weighted by Gasteiger charge is -2.09. The summed E-state index contributed by atoms with van der Waals surface area (Å²) in [5, 5.41) is 4.74. The Labute approximate surface area is 219 Å². The zero-order valence-corrected chi connectivity index (χ0v) is 21.6. The van der Waals surface area contributed by atoms with Gasteiger partial charge in [0.05, 0.1) is 22.1 Å². The van der Waals surface area contributed by atoms with Gasteiger partial charge in [0, 0.05) is 56.1 Å². The van der Waals surface area contributed by atoms with Crippen LogP contribution in [0.15, 0.2) is 95.2 Å². The van der Waals surface area contributed by atoms with Crippen LogP contribution in [-0.2, 0) is 0 Å². The second-order valence-electron chi connectivity index (χ2n) is 8.81. The van der Waals surface area contributed by atoms with Gasteiger partial charge in [0.2, 0.25) is 0 Å². The van der Waals surface area contributed by atoms with Crippen molar-refractivity contribution in [2.45, 2.75) is 35.5 Å². The van der Waals surface area contributed by atoms with Gasteiger partial charge in [-0.1, -0.05) is 37.1 Å². The summed E-state index contributed by atoms with van der Waals surface area (Å²) >= 11 is 3.88. The van der Waals surface area contributed by atoms with E-state index in [1.54, 1.807) is 0 Å². The van der Waals surface area contributed by atoms with E-state index < -0.39 is 0 Å². The lowest BCUT2D eigenvalue weighted by Crippen LogP contribution is -1.90. The molecule has 0 radical (unpaired) electrons. The Kier molecular flexibility index (Phi) is 6.96. The molecule has 4 aromatic heterocycles. The normalized spacial score (nSPS) is 11.7. The third kappa shape index (κ3) is 4.75. The van der Waals surface area contributed by atoms with Gasteiger partial charge in [-0.2, -0.15) is 0 Å². The summed E-state index contributed by atoms with van der Waals surface area (Å²) in [5.74, 6) is 2.24. The molecule has 0 amide bonds. The van der Waals surface area contributed by atoms with Crippen LogP contribution in [0.3, 0.4) is 0 Å². The maximum absolute atomic E-state index is 4.62. The fourth-order valence-corrected chi connectivity index (χ4v) is 6.85. The van der Waals surface area contributed by atoms with Gasteiger partial charge in [0.25, 0.3) is 0 Å². The number of benzene rings is 2. The minimum atomic E-state index is 0.987. The highest BCUT2D eigenvalue weighted by Gasteiger charge is 2.10. The minimum absolute atomic E-state index is 0.987. The van der Waals surface area contributed by atoms with Gasteiger partial charge in [-0.3, -0.25) is 19.9 Å². The molecule has 6 aromatic rings. The lowest BCUT2D eigenvalue weighted by atomic mass is 10.1. The number of aromatic nitrogens is 4. The highest BCUT2D eigenvalue weighted by atomic mass is 32.2. The molecule has 0 atom stereocenters. The van der Waals surface area contributed by atoms with Crippen LogP contribution >= 0.6 is 23.5 Å². The molecule has 0 fully saturated rings. The van der Waals surface area contributed by atoms with E-state index >= 15 is 0 Å². The zero-order chi connectivity index (χ0) is 24.2. The van der Waals surface area contributed by atoms with Crippen molar-refractivity contribution < 1.29 is 0 Å². The van der Waals surface area contributed by atoms with E-state index in [0.717, 1.165) is 44.3 Å². The first-order chi connectivity index (χ1) is 17.9. The molecule has 0 spiro atoms. The quantitative estimate of drug-likeness (QED) is 0.112. The van der Waals surface area contributed by atoms with Gasteiger partial charge >= 0.3 is 0 Å². The second-order valence-corrected chi connectivity index (χ2v) is 11.1. The van der Waals surface area contributed by atoms with E-state index in [0.29, 0.717) is 0 Å². The fourth-order valence-electron chi connectivity index (χ4n) is 4.65. The Morgan fingerprint density at radius 1 is 0.472 bits per heavy atom. The summed E-state index contributed by atoms with van der Waals surface area (Å²) in [6, 6.07) is 21.2. The molecule has 0 aliphatic rings. The van der Waals surface area contributed by atoms with Crippen LogP contribution in [0.2, 0.25) is 0 Å². The summed E-state index contributed by atoms with van der Waals surface area (Å²) in [6.07, 6.45) is 12.4. The molecule has 0 bridgehead atoms. The lowest BCUT2D eigenvalue weighted by molar-refractivity contribution is 0.711. The molecule has 4 heterocycles. The van der Waals surface area contributed by atoms with Crippen LogP contribution in [0.25, 0.3) is 43.6 Å². The van der Waals surface area contributed by atoms with E-state index in [4.69, 9.17) is 0 Å². The molecular weight excluding hydrogens is 480 g/mol. The van der Waals surface area contributed by atoms with Gasteiger partial charge in [0.1, 0.15) is 0 Å². The van der Waals surface area contributed by atoms with Crippen molar-refractivity contribution >= 4 is 67.1 Å². The molecular formula is C30H26N4S2. The van der Waals surface area contributed by atoms with Gasteiger partial charge in [0.15, 0.2) is 0 Å². The molecule has 0 unspecified atom stereocenters. The maximum Gasteiger partial charge on any atom is 0.0975 e. The molecule has 0 saturated carbocycles. The van der Waals surface area contributed by atoms with E-state index in [1.807, 2.05) is 72.6 Å². The Hall–Kier alpha value is -3.22. The molecule has 0 aliphatic carbocycles. The zero-order valence-electron chi connectivity index (χ0n) is 19.9. The number of unbranched alkanes of at least 4 members (excludes halogenated alkanes) is 3. The van der Waals surface area contributed by atoms with E-state index in [2.05, 4.69) is 56.3 Å². The summed E-state index contributed by atoms with van der Waals surface area (Å²) in [7, 11) is 0. The number of nitrogens with zero attached hydrogens (tertiary/aromatic N) is 4. The Morgan fingerprint density at radius 2 is 0.889 bits per heavy atom. The number of rotatable bonds is 9. The van der Waals surface area contributed by atoms with Gasteiger partial charge in [-0.15, -0.1) is 23.5 Å². The predicted molar refractivity (Wildman–Crippen MR) is 154 cm³/mol. The largest absolute Gasteiger partial charge is 0.254 e. The van der Waals surface area contributed by atoms with Crippen molar-refractivity contribution in [1.82, 2.24) is 19.9 Å². The molecule has 4 nitrogen and oxygen atoms in total. The molecule has 6 heteroatoms. The van der Waals surface area contributed by atoms with Crippen LogP contribution in [0, 0.1) is 0 Å². The monoisotopic (exact) mass is 506 g/mol. The topological polar surface area (TPSA) is 51.6 Å². The Bertz CT molecular complexity index is 1540. The Balaban J connectivity index is 1.02. The van der Waals surface area contributed by atoms with Crippen LogP contribution < -0.4 is 0 Å². The predicted octanol–water partition coefficient (Wildman–Crippen LogP) is 8.32. The van der Waals surface area contributed by atoms with Crippen molar-refractivity contribution in [1.29, 1.82) is 0 Å². The summed E-state index contributed by atoms with van der Waals surface area (Å²) < 4.78 is 0. The SMILES string of the molecule is c1cnc2c(c1)cc(SCCCCCCSc1cc3cccnc3c3ncccc13)c1cccnc12. The van der Waals surface area contributed by atoms with Crippen molar-refractivity contribution in [2.75, 3.05) is 11.5 Å². The molecule has 36 heavy (non-hydrogen) atoms. The van der Waals surface area contributed by atoms with E-state index in [-0.39, 0.29) is 0 Å². The first-order valence-corrected chi connectivity index (χ1v) is 14.4. The Morgan fingerprint density at radius 3 is 1.36 bits per heavy atom. The highest BCUT2D eigenvalue weighted by molar-refractivity contribution is 7.99. The number of thioether (sulfide) groups is 2. The smallest absolute Gasteiger partial charge is 0.0975 e. The summed E-state index contributed by atoms with van der Waals surface area (Å²) in [4.78, 5) is 21.0.